The Morgan fingerprint density at radius 2 is 1.00 bits per heavy atom. The lowest BCUT2D eigenvalue weighted by atomic mass is 10.1. The zero-order valence-corrected chi connectivity index (χ0v) is 36.9. The maximum Gasteiger partial charge on any atom is 0.472 e. The minimum atomic E-state index is -4.43. The number of phosphoric ester groups is 1. The van der Waals surface area contributed by atoms with Crippen LogP contribution in [0, 0.1) is 0 Å². The number of phosphoric acid groups is 1. The van der Waals surface area contributed by atoms with Crippen LogP contribution in [-0.2, 0) is 27.9 Å². The van der Waals surface area contributed by atoms with Crippen molar-refractivity contribution in [3.8, 4) is 0 Å². The average Bonchev–Trinajstić information content (AvgIpc) is 3.20. The van der Waals surface area contributed by atoms with E-state index < -0.39 is 26.5 Å². The Morgan fingerprint density at radius 3 is 1.53 bits per heavy atom. The molecule has 3 N–H and O–H groups in total. The third-order valence-corrected chi connectivity index (χ3v) is 10.1. The quantitative estimate of drug-likeness (QED) is 0.0240. The van der Waals surface area contributed by atoms with Gasteiger partial charge >= 0.3 is 13.8 Å². The summed E-state index contributed by atoms with van der Waals surface area (Å²) in [6.07, 6.45) is 52.7. The summed E-state index contributed by atoms with van der Waals surface area (Å²) in [5, 5.41) is 12.7. The standard InChI is InChI=1S/C47H82NO8P/c1-3-5-7-9-11-13-15-17-18-19-20-21-22-23-24-25-26-28-30-32-34-36-38-40-47(51)54-43-45(49)44-56-57(52,53)55-42-41-48-46(50)39-37-35-33-31-29-27-16-14-12-10-8-6-4-2/h6,8,11-14,17-18,20-21,27,29,45,49H,3-5,7,9-10,15-16,19,22-26,28,30-44H2,1-2H3,(H,48,50)(H,52,53)/b8-6-,13-11-,14-12-,18-17-,21-20-,29-27-. The van der Waals surface area contributed by atoms with Crippen LogP contribution in [0.15, 0.2) is 72.9 Å². The monoisotopic (exact) mass is 820 g/mol. The van der Waals surface area contributed by atoms with Crippen LogP contribution >= 0.6 is 7.82 Å². The number of unbranched alkanes of at least 4 members (excludes halogenated alkanes) is 16. The van der Waals surface area contributed by atoms with Gasteiger partial charge in [-0.25, -0.2) is 4.57 Å². The molecule has 0 bridgehead atoms. The molecule has 0 aliphatic carbocycles. The maximum atomic E-state index is 12.1. The molecule has 9 nitrogen and oxygen atoms in total. The van der Waals surface area contributed by atoms with Crippen molar-refractivity contribution in [1.82, 2.24) is 5.32 Å². The first kappa shape index (κ1) is 54.5. The molecule has 0 saturated heterocycles. The largest absolute Gasteiger partial charge is 0.472 e. The van der Waals surface area contributed by atoms with Gasteiger partial charge in [0, 0.05) is 19.4 Å². The number of nitrogens with one attached hydrogen (secondary N) is 1. The zero-order chi connectivity index (χ0) is 41.8. The number of rotatable bonds is 41. The van der Waals surface area contributed by atoms with Crippen molar-refractivity contribution in [2.75, 3.05) is 26.4 Å². The van der Waals surface area contributed by atoms with Crippen molar-refractivity contribution in [3.05, 3.63) is 72.9 Å². The number of allylic oxidation sites excluding steroid dienone is 12. The van der Waals surface area contributed by atoms with E-state index in [0.29, 0.717) is 6.42 Å². The van der Waals surface area contributed by atoms with Gasteiger partial charge in [0.1, 0.15) is 12.7 Å². The Bertz CT molecular complexity index is 1160. The van der Waals surface area contributed by atoms with E-state index in [9.17, 15) is 24.2 Å². The molecule has 0 saturated carbocycles. The highest BCUT2D eigenvalue weighted by molar-refractivity contribution is 7.47. The molecule has 0 fully saturated rings. The molecule has 0 spiro atoms. The number of esters is 1. The first-order chi connectivity index (χ1) is 27.8. The average molecular weight is 820 g/mol. The number of hydrogen-bond donors (Lipinski definition) is 3. The predicted molar refractivity (Wildman–Crippen MR) is 238 cm³/mol. The third-order valence-electron chi connectivity index (χ3n) is 9.12. The van der Waals surface area contributed by atoms with Gasteiger partial charge in [-0.3, -0.25) is 18.6 Å². The van der Waals surface area contributed by atoms with Gasteiger partial charge in [-0.1, -0.05) is 157 Å². The number of ether oxygens (including phenoxy) is 1. The highest BCUT2D eigenvalue weighted by Crippen LogP contribution is 2.42. The van der Waals surface area contributed by atoms with Gasteiger partial charge in [0.2, 0.25) is 5.91 Å². The topological polar surface area (TPSA) is 131 Å². The summed E-state index contributed by atoms with van der Waals surface area (Å²) in [5.41, 5.74) is 0. The zero-order valence-electron chi connectivity index (χ0n) is 36.0. The molecule has 0 aromatic rings. The van der Waals surface area contributed by atoms with E-state index in [0.717, 1.165) is 77.0 Å². The van der Waals surface area contributed by atoms with Crippen LogP contribution in [0.25, 0.3) is 0 Å². The van der Waals surface area contributed by atoms with Crippen LogP contribution in [0.1, 0.15) is 181 Å². The molecule has 0 radical (unpaired) electrons. The predicted octanol–water partition coefficient (Wildman–Crippen LogP) is 12.7. The Kier molecular flexibility index (Phi) is 41.1. The Hall–Kier alpha value is -2.55. The van der Waals surface area contributed by atoms with Gasteiger partial charge in [0.25, 0.3) is 0 Å². The second-order valence-electron chi connectivity index (χ2n) is 14.6. The molecule has 0 aromatic carbocycles. The molecule has 2 atom stereocenters. The van der Waals surface area contributed by atoms with E-state index in [1.807, 2.05) is 0 Å². The van der Waals surface area contributed by atoms with Gasteiger partial charge in [-0.05, 0) is 83.5 Å². The number of carbonyl (C=O) groups excluding carboxylic acids is 2. The van der Waals surface area contributed by atoms with E-state index in [1.165, 1.54) is 77.0 Å². The molecular formula is C47H82NO8P. The number of aliphatic hydroxyl groups is 1. The molecule has 328 valence electrons. The molecule has 0 aliphatic heterocycles. The lowest BCUT2D eigenvalue weighted by Crippen LogP contribution is -2.27. The second-order valence-corrected chi connectivity index (χ2v) is 16.1. The number of hydrogen-bond acceptors (Lipinski definition) is 7. The van der Waals surface area contributed by atoms with Crippen LogP contribution in [0.2, 0.25) is 0 Å². The molecule has 0 aromatic heterocycles. The second kappa shape index (κ2) is 43.0. The van der Waals surface area contributed by atoms with Gasteiger partial charge in [0.15, 0.2) is 0 Å². The van der Waals surface area contributed by atoms with Crippen molar-refractivity contribution >= 4 is 19.7 Å². The van der Waals surface area contributed by atoms with E-state index in [4.69, 9.17) is 13.8 Å². The fourth-order valence-corrected chi connectivity index (χ4v) is 6.51. The van der Waals surface area contributed by atoms with Crippen molar-refractivity contribution < 1.29 is 37.9 Å². The number of carbonyl (C=O) groups is 2. The number of amides is 1. The van der Waals surface area contributed by atoms with Crippen LogP contribution in [-0.4, -0.2) is 54.3 Å². The Labute approximate surface area is 348 Å². The van der Waals surface area contributed by atoms with E-state index >= 15 is 0 Å². The summed E-state index contributed by atoms with van der Waals surface area (Å²) in [4.78, 5) is 33.9. The van der Waals surface area contributed by atoms with Gasteiger partial charge in [-0.15, -0.1) is 0 Å². The molecule has 10 heteroatoms. The van der Waals surface area contributed by atoms with E-state index in [-0.39, 0.29) is 32.1 Å². The molecule has 1 amide bonds. The maximum absolute atomic E-state index is 12.1. The van der Waals surface area contributed by atoms with Crippen LogP contribution in [0.5, 0.6) is 0 Å². The van der Waals surface area contributed by atoms with Crippen molar-refractivity contribution in [3.63, 3.8) is 0 Å². The summed E-state index contributed by atoms with van der Waals surface area (Å²) in [7, 11) is -4.43. The highest BCUT2D eigenvalue weighted by atomic mass is 31.2. The summed E-state index contributed by atoms with van der Waals surface area (Å²) in [6.45, 7) is 3.36. The van der Waals surface area contributed by atoms with Crippen LogP contribution < -0.4 is 5.32 Å². The summed E-state index contributed by atoms with van der Waals surface area (Å²) in [5.74, 6) is -0.555. The highest BCUT2D eigenvalue weighted by Gasteiger charge is 2.23. The lowest BCUT2D eigenvalue weighted by molar-refractivity contribution is -0.147. The smallest absolute Gasteiger partial charge is 0.463 e. The molecule has 0 heterocycles. The van der Waals surface area contributed by atoms with Gasteiger partial charge in [-0.2, -0.15) is 0 Å². The lowest BCUT2D eigenvalue weighted by Gasteiger charge is -2.15. The molecule has 57 heavy (non-hydrogen) atoms. The Morgan fingerprint density at radius 1 is 0.561 bits per heavy atom. The summed E-state index contributed by atoms with van der Waals surface area (Å²) >= 11 is 0. The van der Waals surface area contributed by atoms with Crippen molar-refractivity contribution in [1.29, 1.82) is 0 Å². The van der Waals surface area contributed by atoms with Crippen LogP contribution in [0.3, 0.4) is 0 Å². The van der Waals surface area contributed by atoms with E-state index in [2.05, 4.69) is 92.1 Å². The third kappa shape index (κ3) is 44.4. The molecule has 0 rings (SSSR count). The summed E-state index contributed by atoms with van der Waals surface area (Å²) < 4.78 is 26.9. The molecular weight excluding hydrogens is 737 g/mol. The van der Waals surface area contributed by atoms with Crippen molar-refractivity contribution in [2.24, 2.45) is 0 Å². The van der Waals surface area contributed by atoms with Crippen molar-refractivity contribution in [2.45, 2.75) is 187 Å². The van der Waals surface area contributed by atoms with Crippen LogP contribution in [0.4, 0.5) is 0 Å². The van der Waals surface area contributed by atoms with E-state index in [1.54, 1.807) is 0 Å². The summed E-state index contributed by atoms with van der Waals surface area (Å²) in [6, 6.07) is 0. The SMILES string of the molecule is CC/C=C\C/C=C\C/C=C\CCCCCC(=O)NCCOP(=O)(O)OCC(O)COC(=O)CCCCCCCCCCCC/C=C\C/C=C\C/C=C\CCCCC. The Balaban J connectivity index is 3.62. The first-order valence-electron chi connectivity index (χ1n) is 22.4. The molecule has 2 unspecified atom stereocenters. The first-order valence-corrected chi connectivity index (χ1v) is 23.9. The normalized spacial score (nSPS) is 14.0. The fourth-order valence-electron chi connectivity index (χ4n) is 5.75. The number of aliphatic hydroxyl groups excluding tert-OH is 1. The molecule has 0 aliphatic rings. The minimum absolute atomic E-state index is 0.0621. The van der Waals surface area contributed by atoms with Gasteiger partial charge in [0.05, 0.1) is 13.2 Å². The minimum Gasteiger partial charge on any atom is -0.463 e. The van der Waals surface area contributed by atoms with Gasteiger partial charge < -0.3 is 20.1 Å². The fraction of sp³-hybridized carbons (Fsp3) is 0.702.